The van der Waals surface area contributed by atoms with Crippen LogP contribution < -0.4 is 5.73 Å². The Labute approximate surface area is 68.5 Å². The zero-order chi connectivity index (χ0) is 8.53. The molecule has 11 heavy (non-hydrogen) atoms. The number of hydrogen-bond acceptors (Lipinski definition) is 3. The van der Waals surface area contributed by atoms with Crippen molar-refractivity contribution in [2.24, 2.45) is 5.73 Å². The van der Waals surface area contributed by atoms with E-state index in [1.54, 1.807) is 0 Å². The van der Waals surface area contributed by atoms with Crippen LogP contribution in [-0.2, 0) is 4.74 Å². The van der Waals surface area contributed by atoms with Gasteiger partial charge in [-0.3, -0.25) is 0 Å². The van der Waals surface area contributed by atoms with Crippen molar-refractivity contribution in [3.05, 3.63) is 0 Å². The molecule has 0 fully saturated rings. The molecule has 1 unspecified atom stereocenters. The van der Waals surface area contributed by atoms with E-state index in [1.807, 2.05) is 6.92 Å². The molecule has 0 aromatic rings. The first kappa shape index (κ1) is 10.9. The van der Waals surface area contributed by atoms with Crippen molar-refractivity contribution >= 4 is 0 Å². The second kappa shape index (κ2) is 7.98. The maximum absolute atomic E-state index is 8.44. The lowest BCUT2D eigenvalue weighted by Crippen LogP contribution is -2.11. The highest BCUT2D eigenvalue weighted by Gasteiger charge is 1.99. The predicted octanol–water partition coefficient (Wildman–Crippen LogP) is 0.513. The Morgan fingerprint density at radius 1 is 1.45 bits per heavy atom. The van der Waals surface area contributed by atoms with E-state index in [1.165, 1.54) is 0 Å². The Balaban J connectivity index is 3.02. The summed E-state index contributed by atoms with van der Waals surface area (Å²) in [4.78, 5) is 0. The van der Waals surface area contributed by atoms with Crippen molar-refractivity contribution in [2.45, 2.75) is 32.3 Å². The molecule has 0 bridgehead atoms. The Morgan fingerprint density at radius 3 is 2.73 bits per heavy atom. The molecule has 0 aliphatic rings. The number of ether oxygens (including phenoxy) is 1. The quantitative estimate of drug-likeness (QED) is 0.535. The maximum Gasteiger partial charge on any atom is 0.0701 e. The first-order chi connectivity index (χ1) is 5.31. The third-order valence-electron chi connectivity index (χ3n) is 1.56. The van der Waals surface area contributed by atoms with Gasteiger partial charge < -0.3 is 15.6 Å². The third-order valence-corrected chi connectivity index (χ3v) is 1.56. The van der Waals surface area contributed by atoms with Crippen LogP contribution in [0.3, 0.4) is 0 Å². The molecule has 68 valence electrons. The highest BCUT2D eigenvalue weighted by molar-refractivity contribution is 4.51. The summed E-state index contributed by atoms with van der Waals surface area (Å²) in [7, 11) is 0. The van der Waals surface area contributed by atoms with Crippen molar-refractivity contribution in [3.8, 4) is 0 Å². The summed E-state index contributed by atoms with van der Waals surface area (Å²) in [6.45, 7) is 3.34. The van der Waals surface area contributed by atoms with Gasteiger partial charge in [-0.05, 0) is 32.7 Å². The summed E-state index contributed by atoms with van der Waals surface area (Å²) >= 11 is 0. The van der Waals surface area contributed by atoms with E-state index in [4.69, 9.17) is 15.6 Å². The third kappa shape index (κ3) is 7.78. The van der Waals surface area contributed by atoms with Crippen LogP contribution in [0.2, 0.25) is 0 Å². The molecule has 0 spiro atoms. The predicted molar refractivity (Wildman–Crippen MR) is 45.4 cm³/mol. The lowest BCUT2D eigenvalue weighted by atomic mass is 10.2. The zero-order valence-corrected chi connectivity index (χ0v) is 7.25. The van der Waals surface area contributed by atoms with Gasteiger partial charge in [0.2, 0.25) is 0 Å². The summed E-state index contributed by atoms with van der Waals surface area (Å²) in [6, 6.07) is 0. The summed E-state index contributed by atoms with van der Waals surface area (Å²) < 4.78 is 5.25. The minimum absolute atomic E-state index is 0.112. The Morgan fingerprint density at radius 2 is 2.18 bits per heavy atom. The van der Waals surface area contributed by atoms with Crippen LogP contribution in [0.4, 0.5) is 0 Å². The molecule has 3 nitrogen and oxygen atoms in total. The average Bonchev–Trinajstić information content (AvgIpc) is 2.01. The van der Waals surface area contributed by atoms with Crippen LogP contribution in [0.15, 0.2) is 0 Å². The largest absolute Gasteiger partial charge is 0.394 e. The molecule has 0 saturated carbocycles. The summed E-state index contributed by atoms with van der Waals surface area (Å²) in [5.74, 6) is 0. The van der Waals surface area contributed by atoms with Gasteiger partial charge in [0.25, 0.3) is 0 Å². The van der Waals surface area contributed by atoms with Gasteiger partial charge in [0.15, 0.2) is 0 Å². The molecule has 0 radical (unpaired) electrons. The molecule has 0 rings (SSSR count). The minimum Gasteiger partial charge on any atom is -0.394 e. The van der Waals surface area contributed by atoms with E-state index in [-0.39, 0.29) is 12.7 Å². The van der Waals surface area contributed by atoms with E-state index < -0.39 is 0 Å². The van der Waals surface area contributed by atoms with Crippen LogP contribution >= 0.6 is 0 Å². The monoisotopic (exact) mass is 161 g/mol. The van der Waals surface area contributed by atoms with Crippen molar-refractivity contribution in [3.63, 3.8) is 0 Å². The van der Waals surface area contributed by atoms with Crippen LogP contribution in [0.25, 0.3) is 0 Å². The van der Waals surface area contributed by atoms with Crippen LogP contribution in [0.1, 0.15) is 26.2 Å². The van der Waals surface area contributed by atoms with Gasteiger partial charge in [0.1, 0.15) is 0 Å². The van der Waals surface area contributed by atoms with E-state index in [9.17, 15) is 0 Å². The first-order valence-corrected chi connectivity index (χ1v) is 4.23. The Kier molecular flexibility index (Phi) is 7.89. The SMILES string of the molecule is CC(CCCCN)OCCO. The number of hydrogen-bond donors (Lipinski definition) is 2. The molecule has 1 atom stereocenters. The van der Waals surface area contributed by atoms with E-state index >= 15 is 0 Å². The van der Waals surface area contributed by atoms with Crippen molar-refractivity contribution in [2.75, 3.05) is 19.8 Å². The van der Waals surface area contributed by atoms with E-state index in [0.717, 1.165) is 25.8 Å². The molecule has 0 amide bonds. The summed E-state index contributed by atoms with van der Waals surface area (Å²) in [5.41, 5.74) is 5.33. The second-order valence-corrected chi connectivity index (χ2v) is 2.69. The van der Waals surface area contributed by atoms with Crippen LogP contribution in [0, 0.1) is 0 Å². The van der Waals surface area contributed by atoms with Crippen LogP contribution in [-0.4, -0.2) is 31.0 Å². The fourth-order valence-electron chi connectivity index (χ4n) is 0.913. The average molecular weight is 161 g/mol. The summed E-state index contributed by atoms with van der Waals surface area (Å²) in [5, 5.41) is 8.44. The van der Waals surface area contributed by atoms with Crippen molar-refractivity contribution in [1.82, 2.24) is 0 Å². The fraction of sp³-hybridized carbons (Fsp3) is 1.00. The highest BCUT2D eigenvalue weighted by atomic mass is 16.5. The number of unbranched alkanes of at least 4 members (excludes halogenated alkanes) is 1. The molecular weight excluding hydrogens is 142 g/mol. The zero-order valence-electron chi connectivity index (χ0n) is 7.25. The van der Waals surface area contributed by atoms with E-state index in [0.29, 0.717) is 6.61 Å². The minimum atomic E-state index is 0.112. The van der Waals surface area contributed by atoms with Crippen LogP contribution in [0.5, 0.6) is 0 Å². The lowest BCUT2D eigenvalue weighted by Gasteiger charge is -2.10. The normalized spacial score (nSPS) is 13.4. The van der Waals surface area contributed by atoms with Gasteiger partial charge >= 0.3 is 0 Å². The second-order valence-electron chi connectivity index (χ2n) is 2.69. The smallest absolute Gasteiger partial charge is 0.0701 e. The highest BCUT2D eigenvalue weighted by Crippen LogP contribution is 2.02. The number of aliphatic hydroxyl groups excluding tert-OH is 1. The first-order valence-electron chi connectivity index (χ1n) is 4.23. The molecule has 0 aromatic heterocycles. The molecule has 3 N–H and O–H groups in total. The van der Waals surface area contributed by atoms with Gasteiger partial charge in [-0.1, -0.05) is 0 Å². The van der Waals surface area contributed by atoms with Gasteiger partial charge in [-0.15, -0.1) is 0 Å². The van der Waals surface area contributed by atoms with Gasteiger partial charge in [0.05, 0.1) is 19.3 Å². The molecule has 0 aromatic carbocycles. The van der Waals surface area contributed by atoms with Gasteiger partial charge in [-0.25, -0.2) is 0 Å². The molecule has 0 saturated heterocycles. The number of nitrogens with two attached hydrogens (primary N) is 1. The van der Waals surface area contributed by atoms with E-state index in [2.05, 4.69) is 0 Å². The van der Waals surface area contributed by atoms with Gasteiger partial charge in [-0.2, -0.15) is 0 Å². The lowest BCUT2D eigenvalue weighted by molar-refractivity contribution is 0.0335. The topological polar surface area (TPSA) is 55.5 Å². The fourth-order valence-corrected chi connectivity index (χ4v) is 0.913. The molecule has 0 aliphatic heterocycles. The summed E-state index contributed by atoms with van der Waals surface area (Å²) in [6.07, 6.45) is 3.47. The molecular formula is C8H19NO2. The number of rotatable bonds is 7. The van der Waals surface area contributed by atoms with Crippen molar-refractivity contribution in [1.29, 1.82) is 0 Å². The molecule has 3 heteroatoms. The number of aliphatic hydroxyl groups is 1. The van der Waals surface area contributed by atoms with Gasteiger partial charge in [0, 0.05) is 0 Å². The molecule has 0 heterocycles. The maximum atomic E-state index is 8.44. The van der Waals surface area contributed by atoms with Crippen molar-refractivity contribution < 1.29 is 9.84 Å². The standard InChI is InChI=1S/C8H19NO2/c1-8(11-7-6-10)4-2-3-5-9/h8,10H,2-7,9H2,1H3. The molecule has 0 aliphatic carbocycles. The Bertz CT molecular complexity index is 78.5. The Hall–Kier alpha value is -0.120.